The van der Waals surface area contributed by atoms with Crippen LogP contribution in [0.25, 0.3) is 6.08 Å². The minimum atomic E-state index is -1.13. The highest BCUT2D eigenvalue weighted by molar-refractivity contribution is 5.84. The van der Waals surface area contributed by atoms with Gasteiger partial charge in [-0.1, -0.05) is 24.3 Å². The second kappa shape index (κ2) is 9.85. The second-order valence-corrected chi connectivity index (χ2v) is 8.66. The van der Waals surface area contributed by atoms with Crippen LogP contribution >= 0.6 is 0 Å². The van der Waals surface area contributed by atoms with Crippen LogP contribution in [0.5, 0.6) is 11.5 Å². The highest BCUT2D eigenvalue weighted by Crippen LogP contribution is 2.43. The van der Waals surface area contributed by atoms with Crippen LogP contribution in [-0.4, -0.2) is 49.6 Å². The van der Waals surface area contributed by atoms with Crippen molar-refractivity contribution in [3.05, 3.63) is 53.6 Å². The minimum Gasteiger partial charge on any atom is -0.494 e. The molecule has 1 unspecified atom stereocenters. The van der Waals surface area contributed by atoms with Crippen molar-refractivity contribution < 1.29 is 28.9 Å². The van der Waals surface area contributed by atoms with Gasteiger partial charge in [0.25, 0.3) is 0 Å². The van der Waals surface area contributed by atoms with Crippen molar-refractivity contribution in [3.63, 3.8) is 0 Å². The van der Waals surface area contributed by atoms with Crippen molar-refractivity contribution in [2.24, 2.45) is 0 Å². The number of carboxylic acid groups (broad SMARTS) is 1. The Bertz CT molecular complexity index is 1040. The van der Waals surface area contributed by atoms with E-state index < -0.39 is 23.7 Å². The van der Waals surface area contributed by atoms with Gasteiger partial charge in [-0.3, -0.25) is 0 Å². The number of hydrogen-bond donors (Lipinski definition) is 2. The topological polar surface area (TPSA) is 97.3 Å². The van der Waals surface area contributed by atoms with Crippen LogP contribution in [0.15, 0.2) is 42.5 Å². The largest absolute Gasteiger partial charge is 0.494 e. The van der Waals surface area contributed by atoms with E-state index >= 15 is 0 Å². The number of benzene rings is 2. The van der Waals surface area contributed by atoms with E-state index in [0.29, 0.717) is 18.0 Å². The molecule has 0 saturated carbocycles. The predicted molar refractivity (Wildman–Crippen MR) is 127 cm³/mol. The first kappa shape index (κ1) is 24.0. The van der Waals surface area contributed by atoms with E-state index in [0.717, 1.165) is 22.5 Å². The van der Waals surface area contributed by atoms with Crippen molar-refractivity contribution >= 4 is 29.5 Å². The first-order valence-electron chi connectivity index (χ1n) is 10.6. The van der Waals surface area contributed by atoms with Crippen LogP contribution in [0.1, 0.15) is 31.9 Å². The first-order chi connectivity index (χ1) is 15.6. The van der Waals surface area contributed by atoms with Crippen LogP contribution in [0.2, 0.25) is 0 Å². The predicted octanol–water partition coefficient (Wildman–Crippen LogP) is 4.39. The number of rotatable bonds is 7. The van der Waals surface area contributed by atoms with Crippen molar-refractivity contribution in [1.29, 1.82) is 0 Å². The van der Waals surface area contributed by atoms with E-state index in [1.807, 2.05) is 48.6 Å². The van der Waals surface area contributed by atoms with Crippen LogP contribution in [0.4, 0.5) is 16.2 Å². The molecule has 0 aromatic heterocycles. The molecule has 1 aliphatic rings. The van der Waals surface area contributed by atoms with Gasteiger partial charge in [0, 0.05) is 18.7 Å². The summed E-state index contributed by atoms with van der Waals surface area (Å²) in [6, 6.07) is 10.2. The average molecular weight is 455 g/mol. The maximum Gasteiger partial charge on any atom is 0.408 e. The van der Waals surface area contributed by atoms with Gasteiger partial charge in [0.2, 0.25) is 0 Å². The Morgan fingerprint density at radius 1 is 1.12 bits per heavy atom. The molecule has 2 N–H and O–H groups in total. The molecule has 1 heterocycles. The summed E-state index contributed by atoms with van der Waals surface area (Å²) in [4.78, 5) is 25.9. The van der Waals surface area contributed by atoms with Crippen LogP contribution in [0.3, 0.4) is 0 Å². The number of carboxylic acids is 1. The number of methoxy groups -OCH3 is 2. The second-order valence-electron chi connectivity index (χ2n) is 8.66. The summed E-state index contributed by atoms with van der Waals surface area (Å²) in [6.07, 6.45) is 3.37. The maximum atomic E-state index is 12.1. The number of anilines is 2. The number of fused-ring (bicyclic) bond motifs is 1. The van der Waals surface area contributed by atoms with E-state index in [2.05, 4.69) is 10.2 Å². The number of ether oxygens (including phenoxy) is 3. The maximum absolute atomic E-state index is 12.1. The van der Waals surface area contributed by atoms with Gasteiger partial charge in [0.05, 0.1) is 14.2 Å². The number of nitrogens with one attached hydrogen (secondary N) is 1. The van der Waals surface area contributed by atoms with E-state index in [1.54, 1.807) is 35.0 Å². The lowest BCUT2D eigenvalue weighted by molar-refractivity contribution is -0.139. The van der Waals surface area contributed by atoms with Crippen molar-refractivity contribution in [3.8, 4) is 11.5 Å². The molecule has 3 rings (SSSR count). The Balaban J connectivity index is 1.87. The third-order valence-corrected chi connectivity index (χ3v) is 5.07. The summed E-state index contributed by atoms with van der Waals surface area (Å²) in [6.45, 7) is 5.79. The molecule has 176 valence electrons. The molecule has 1 atom stereocenters. The molecule has 1 aliphatic heterocycles. The Morgan fingerprint density at radius 2 is 1.79 bits per heavy atom. The molecule has 0 saturated heterocycles. The van der Waals surface area contributed by atoms with E-state index in [-0.39, 0.29) is 6.42 Å². The highest BCUT2D eigenvalue weighted by Gasteiger charge is 2.26. The molecule has 0 spiro atoms. The number of aliphatic carboxylic acids is 1. The van der Waals surface area contributed by atoms with Crippen molar-refractivity contribution in [2.45, 2.75) is 38.8 Å². The lowest BCUT2D eigenvalue weighted by Crippen LogP contribution is -2.44. The van der Waals surface area contributed by atoms with Crippen molar-refractivity contribution in [1.82, 2.24) is 5.32 Å². The third kappa shape index (κ3) is 5.77. The van der Waals surface area contributed by atoms with Crippen LogP contribution in [0, 0.1) is 0 Å². The fourth-order valence-corrected chi connectivity index (χ4v) is 3.69. The molecule has 0 radical (unpaired) electrons. The van der Waals surface area contributed by atoms with E-state index in [1.165, 1.54) is 0 Å². The van der Waals surface area contributed by atoms with Gasteiger partial charge in [0.1, 0.15) is 28.8 Å². The normalized spacial score (nSPS) is 13.7. The number of carbonyl (C=O) groups excluding carboxylic acids is 1. The van der Waals surface area contributed by atoms with Gasteiger partial charge in [-0.2, -0.15) is 0 Å². The SMILES string of the molecule is COc1cccc(OC)c1N1CC=Cc2cc(CC(NC(=O)OC(C)(C)C)C(=O)O)ccc21. The molecule has 0 bridgehead atoms. The van der Waals surface area contributed by atoms with Crippen molar-refractivity contribution in [2.75, 3.05) is 25.7 Å². The number of alkyl carbamates (subject to hydrolysis) is 1. The lowest BCUT2D eigenvalue weighted by Gasteiger charge is -2.31. The average Bonchev–Trinajstić information content (AvgIpc) is 2.76. The fourth-order valence-electron chi connectivity index (χ4n) is 3.69. The van der Waals surface area contributed by atoms with Gasteiger partial charge in [0.15, 0.2) is 0 Å². The van der Waals surface area contributed by atoms with E-state index in [9.17, 15) is 14.7 Å². The summed E-state index contributed by atoms with van der Waals surface area (Å²) >= 11 is 0. The summed E-state index contributed by atoms with van der Waals surface area (Å²) in [5.41, 5.74) is 2.74. The quantitative estimate of drug-likeness (QED) is 0.640. The molecular formula is C25H30N2O6. The molecule has 0 aliphatic carbocycles. The standard InChI is InChI=1S/C25H30N2O6/c1-25(2,3)33-24(30)26-18(23(28)29)15-16-11-12-19-17(14-16)8-7-13-27(19)22-20(31-4)9-6-10-21(22)32-5/h6-12,14,18H,13,15H2,1-5H3,(H,26,30)(H,28,29). The Hall–Kier alpha value is -3.68. The number of para-hydroxylation sites is 1. The molecule has 2 aromatic rings. The molecule has 8 heteroatoms. The molecule has 1 amide bonds. The summed E-state index contributed by atoms with van der Waals surface area (Å²) < 4.78 is 16.3. The van der Waals surface area contributed by atoms with Gasteiger partial charge in [-0.15, -0.1) is 0 Å². The van der Waals surface area contributed by atoms with Crippen LogP contribution in [-0.2, 0) is 16.0 Å². The van der Waals surface area contributed by atoms with Gasteiger partial charge in [-0.25, -0.2) is 9.59 Å². The fraction of sp³-hybridized carbons (Fsp3) is 0.360. The Morgan fingerprint density at radius 3 is 2.36 bits per heavy atom. The Kier molecular flexibility index (Phi) is 7.16. The van der Waals surface area contributed by atoms with Gasteiger partial charge < -0.3 is 29.5 Å². The number of hydrogen-bond acceptors (Lipinski definition) is 6. The van der Waals surface area contributed by atoms with Crippen LogP contribution < -0.4 is 19.7 Å². The zero-order chi connectivity index (χ0) is 24.2. The summed E-state index contributed by atoms with van der Waals surface area (Å²) in [5, 5.41) is 12.1. The molecule has 2 aromatic carbocycles. The molecule has 0 fully saturated rings. The minimum absolute atomic E-state index is 0.119. The van der Waals surface area contributed by atoms with Gasteiger partial charge >= 0.3 is 12.1 Å². The molecule has 8 nitrogen and oxygen atoms in total. The molecule has 33 heavy (non-hydrogen) atoms. The smallest absolute Gasteiger partial charge is 0.408 e. The van der Waals surface area contributed by atoms with E-state index in [4.69, 9.17) is 14.2 Å². The van der Waals surface area contributed by atoms with Gasteiger partial charge in [-0.05, 0) is 56.2 Å². The zero-order valence-electron chi connectivity index (χ0n) is 19.5. The summed E-state index contributed by atoms with van der Waals surface area (Å²) in [5.74, 6) is 0.244. The lowest BCUT2D eigenvalue weighted by atomic mass is 9.99. The Labute approximate surface area is 193 Å². The number of amides is 1. The third-order valence-electron chi connectivity index (χ3n) is 5.07. The highest BCUT2D eigenvalue weighted by atomic mass is 16.6. The molecular weight excluding hydrogens is 424 g/mol. The number of carbonyl (C=O) groups is 2. The first-order valence-corrected chi connectivity index (χ1v) is 10.6. The summed E-state index contributed by atoms with van der Waals surface area (Å²) in [7, 11) is 3.23. The number of nitrogens with zero attached hydrogens (tertiary/aromatic N) is 1. The zero-order valence-corrected chi connectivity index (χ0v) is 19.5. The monoisotopic (exact) mass is 454 g/mol.